The Balaban J connectivity index is 1.66. The molecule has 0 bridgehead atoms. The summed E-state index contributed by atoms with van der Waals surface area (Å²) in [5.74, 6) is 0.435. The number of carbonyl (C=O) groups is 1. The van der Waals surface area contributed by atoms with Crippen LogP contribution in [-0.2, 0) is 11.2 Å². The van der Waals surface area contributed by atoms with E-state index in [0.717, 1.165) is 33.1 Å². The number of hydrogen-bond acceptors (Lipinski definition) is 5. The second kappa shape index (κ2) is 8.84. The Hall–Kier alpha value is -3.03. The summed E-state index contributed by atoms with van der Waals surface area (Å²) in [7, 11) is 0. The molecule has 2 aromatic heterocycles. The predicted octanol–water partition coefficient (Wildman–Crippen LogP) is 6.23. The van der Waals surface area contributed by atoms with E-state index in [-0.39, 0.29) is 0 Å². The average Bonchev–Trinajstić information content (AvgIpc) is 3.06. The summed E-state index contributed by atoms with van der Waals surface area (Å²) < 4.78 is 5.32. The van der Waals surface area contributed by atoms with E-state index in [0.29, 0.717) is 29.0 Å². The lowest BCUT2D eigenvalue weighted by Crippen LogP contribution is -2.33. The molecule has 0 radical (unpaired) electrons. The summed E-state index contributed by atoms with van der Waals surface area (Å²) in [6.07, 6.45) is 3.22. The number of rotatable bonds is 5. The minimum atomic E-state index is -0.545. The van der Waals surface area contributed by atoms with Crippen molar-refractivity contribution in [2.75, 3.05) is 11.9 Å². The Morgan fingerprint density at radius 2 is 1.81 bits per heavy atom. The third kappa shape index (κ3) is 5.23. The number of alkyl carbamates (subject to hydrolysis) is 1. The summed E-state index contributed by atoms with van der Waals surface area (Å²) >= 11 is 12.1. The summed E-state index contributed by atoms with van der Waals surface area (Å²) in [6.45, 7) is 5.92. The standard InChI is InChI=1S/C23H23Cl2N5O2/c1-23(2,3)32-22(31)26-7-6-13-8-16(29-21-27-11-15(25)12-28-21)10-18-17-9-14(24)4-5-19(17)30-20(13)18/h4-5,8-12,30H,6-7H2,1-3H3,(H,26,31)(H,27,28,29). The van der Waals surface area contributed by atoms with Gasteiger partial charge in [0.05, 0.1) is 17.4 Å². The van der Waals surface area contributed by atoms with E-state index in [1.54, 1.807) is 0 Å². The topological polar surface area (TPSA) is 91.9 Å². The number of halogens is 2. The van der Waals surface area contributed by atoms with Crippen molar-refractivity contribution in [3.63, 3.8) is 0 Å². The van der Waals surface area contributed by atoms with Crippen LogP contribution in [0.15, 0.2) is 42.7 Å². The molecule has 32 heavy (non-hydrogen) atoms. The second-order valence-corrected chi connectivity index (χ2v) is 9.27. The summed E-state index contributed by atoms with van der Waals surface area (Å²) in [4.78, 5) is 23.9. The fourth-order valence-corrected chi connectivity index (χ4v) is 3.70. The Kier molecular flexibility index (Phi) is 6.13. The number of aromatic amines is 1. The highest BCUT2D eigenvalue weighted by atomic mass is 35.5. The molecule has 0 saturated carbocycles. The molecule has 0 aliphatic carbocycles. The normalized spacial score (nSPS) is 11.7. The predicted molar refractivity (Wildman–Crippen MR) is 129 cm³/mol. The number of anilines is 2. The van der Waals surface area contributed by atoms with Crippen molar-refractivity contribution in [1.29, 1.82) is 0 Å². The molecule has 0 aliphatic rings. The van der Waals surface area contributed by atoms with Gasteiger partial charge < -0.3 is 20.4 Å². The first-order valence-electron chi connectivity index (χ1n) is 10.1. The molecule has 0 aliphatic heterocycles. The Morgan fingerprint density at radius 1 is 1.06 bits per heavy atom. The lowest BCUT2D eigenvalue weighted by molar-refractivity contribution is 0.0528. The first kappa shape index (κ1) is 22.2. The summed E-state index contributed by atoms with van der Waals surface area (Å²) in [6, 6.07) is 9.77. The molecule has 7 nitrogen and oxygen atoms in total. The van der Waals surface area contributed by atoms with E-state index >= 15 is 0 Å². The molecule has 166 valence electrons. The van der Waals surface area contributed by atoms with Gasteiger partial charge in [-0.3, -0.25) is 0 Å². The lowest BCUT2D eigenvalue weighted by atomic mass is 10.0. The van der Waals surface area contributed by atoms with Gasteiger partial charge in [-0.2, -0.15) is 0 Å². The molecule has 0 fully saturated rings. The van der Waals surface area contributed by atoms with Gasteiger partial charge in [0.15, 0.2) is 0 Å². The van der Waals surface area contributed by atoms with Gasteiger partial charge in [0, 0.05) is 39.1 Å². The minimum absolute atomic E-state index is 0.418. The first-order chi connectivity index (χ1) is 15.2. The van der Waals surface area contributed by atoms with E-state index in [1.165, 1.54) is 12.4 Å². The molecule has 0 atom stereocenters. The van der Waals surface area contributed by atoms with Gasteiger partial charge in [-0.1, -0.05) is 23.2 Å². The van der Waals surface area contributed by atoms with E-state index < -0.39 is 11.7 Å². The van der Waals surface area contributed by atoms with Crippen LogP contribution in [0.2, 0.25) is 10.0 Å². The zero-order valence-electron chi connectivity index (χ0n) is 17.9. The molecule has 0 saturated heterocycles. The smallest absolute Gasteiger partial charge is 0.407 e. The Morgan fingerprint density at radius 3 is 2.53 bits per heavy atom. The lowest BCUT2D eigenvalue weighted by Gasteiger charge is -2.19. The highest BCUT2D eigenvalue weighted by molar-refractivity contribution is 6.32. The highest BCUT2D eigenvalue weighted by Crippen LogP contribution is 2.33. The number of aromatic nitrogens is 3. The summed E-state index contributed by atoms with van der Waals surface area (Å²) in [5, 5.41) is 9.18. The van der Waals surface area contributed by atoms with E-state index in [9.17, 15) is 4.79 Å². The number of nitrogens with zero attached hydrogens (tertiary/aromatic N) is 2. The Bertz CT molecular complexity index is 1280. The monoisotopic (exact) mass is 471 g/mol. The third-order valence-electron chi connectivity index (χ3n) is 4.69. The van der Waals surface area contributed by atoms with Gasteiger partial charge in [-0.05, 0) is 63.1 Å². The van der Waals surface area contributed by atoms with Crippen molar-refractivity contribution in [1.82, 2.24) is 20.3 Å². The van der Waals surface area contributed by atoms with Crippen LogP contribution in [0.5, 0.6) is 0 Å². The molecular weight excluding hydrogens is 449 g/mol. The molecule has 0 unspecified atom stereocenters. The van der Waals surface area contributed by atoms with Crippen LogP contribution in [0.1, 0.15) is 26.3 Å². The van der Waals surface area contributed by atoms with Crippen LogP contribution in [0.25, 0.3) is 21.8 Å². The molecule has 4 rings (SSSR count). The molecule has 0 spiro atoms. The van der Waals surface area contributed by atoms with Crippen molar-refractivity contribution in [3.8, 4) is 0 Å². The molecule has 1 amide bonds. The molecule has 3 N–H and O–H groups in total. The zero-order chi connectivity index (χ0) is 22.9. The number of nitrogens with one attached hydrogen (secondary N) is 3. The average molecular weight is 472 g/mol. The van der Waals surface area contributed by atoms with Crippen LogP contribution in [0, 0.1) is 0 Å². The fraction of sp³-hybridized carbons (Fsp3) is 0.261. The van der Waals surface area contributed by atoms with Gasteiger partial charge in [0.25, 0.3) is 0 Å². The quantitative estimate of drug-likeness (QED) is 0.320. The van der Waals surface area contributed by atoms with Crippen molar-refractivity contribution in [3.05, 3.63) is 58.3 Å². The van der Waals surface area contributed by atoms with Crippen molar-refractivity contribution >= 4 is 62.7 Å². The number of amides is 1. The van der Waals surface area contributed by atoms with E-state index in [2.05, 4.69) is 25.6 Å². The minimum Gasteiger partial charge on any atom is -0.444 e. The maximum absolute atomic E-state index is 12.0. The molecule has 2 aromatic carbocycles. The number of H-pyrrole nitrogens is 1. The number of carbonyl (C=O) groups excluding carboxylic acids is 1. The maximum Gasteiger partial charge on any atom is 0.407 e. The largest absolute Gasteiger partial charge is 0.444 e. The van der Waals surface area contributed by atoms with Crippen LogP contribution >= 0.6 is 23.2 Å². The Labute approximate surface area is 195 Å². The molecule has 2 heterocycles. The van der Waals surface area contributed by atoms with Crippen molar-refractivity contribution < 1.29 is 9.53 Å². The SMILES string of the molecule is CC(C)(C)OC(=O)NCCc1cc(Nc2ncc(Cl)cn2)cc2c1[nH]c1ccc(Cl)cc12. The van der Waals surface area contributed by atoms with Crippen LogP contribution < -0.4 is 10.6 Å². The summed E-state index contributed by atoms with van der Waals surface area (Å²) in [5.41, 5.74) is 3.24. The zero-order valence-corrected chi connectivity index (χ0v) is 19.4. The van der Waals surface area contributed by atoms with Gasteiger partial charge >= 0.3 is 6.09 Å². The van der Waals surface area contributed by atoms with Crippen LogP contribution in [-0.4, -0.2) is 33.2 Å². The molecule has 4 aromatic rings. The van der Waals surface area contributed by atoms with Gasteiger partial charge in [0.1, 0.15) is 5.60 Å². The van der Waals surface area contributed by atoms with Crippen molar-refractivity contribution in [2.24, 2.45) is 0 Å². The number of benzene rings is 2. The van der Waals surface area contributed by atoms with Crippen LogP contribution in [0.3, 0.4) is 0 Å². The van der Waals surface area contributed by atoms with Crippen LogP contribution in [0.4, 0.5) is 16.4 Å². The number of fused-ring (bicyclic) bond motifs is 3. The first-order valence-corrected chi connectivity index (χ1v) is 10.9. The second-order valence-electron chi connectivity index (χ2n) is 8.40. The van der Waals surface area contributed by atoms with Gasteiger partial charge in [-0.25, -0.2) is 14.8 Å². The third-order valence-corrected chi connectivity index (χ3v) is 5.12. The molecule has 9 heteroatoms. The number of hydrogen-bond donors (Lipinski definition) is 3. The van der Waals surface area contributed by atoms with E-state index in [4.69, 9.17) is 27.9 Å². The fourth-order valence-electron chi connectivity index (χ4n) is 3.43. The maximum atomic E-state index is 12.0. The van der Waals surface area contributed by atoms with Gasteiger partial charge in [0.2, 0.25) is 5.95 Å². The number of ether oxygens (including phenoxy) is 1. The van der Waals surface area contributed by atoms with Gasteiger partial charge in [-0.15, -0.1) is 0 Å². The highest BCUT2D eigenvalue weighted by Gasteiger charge is 2.16. The van der Waals surface area contributed by atoms with E-state index in [1.807, 2.05) is 51.1 Å². The molecular formula is C23H23Cl2N5O2. The van der Waals surface area contributed by atoms with Crippen molar-refractivity contribution in [2.45, 2.75) is 32.8 Å².